The minimum atomic E-state index is -0.412. The van der Waals surface area contributed by atoms with Gasteiger partial charge in [-0.15, -0.1) is 0 Å². The standard InChI is InChI=1S/C10H18NO/c1-3-7-11(10(12)4-2)8-5-6-9-11/h3-4,10,12H,1-2,5-9H2/q+1. The van der Waals surface area contributed by atoms with Crippen LogP contribution in [0.4, 0.5) is 0 Å². The van der Waals surface area contributed by atoms with Crippen molar-refractivity contribution >= 4 is 0 Å². The maximum absolute atomic E-state index is 9.75. The van der Waals surface area contributed by atoms with E-state index in [0.29, 0.717) is 0 Å². The van der Waals surface area contributed by atoms with Crippen LogP contribution >= 0.6 is 0 Å². The first-order valence-corrected chi connectivity index (χ1v) is 4.52. The first kappa shape index (κ1) is 9.49. The van der Waals surface area contributed by atoms with Crippen molar-refractivity contribution in [1.82, 2.24) is 0 Å². The van der Waals surface area contributed by atoms with Crippen molar-refractivity contribution < 1.29 is 9.59 Å². The molecular formula is C10H18NO+. The predicted molar refractivity (Wildman–Crippen MR) is 50.5 cm³/mol. The van der Waals surface area contributed by atoms with Crippen LogP contribution in [0, 0.1) is 0 Å². The smallest absolute Gasteiger partial charge is 0.210 e. The summed E-state index contributed by atoms with van der Waals surface area (Å²) in [5.41, 5.74) is 0. The highest BCUT2D eigenvalue weighted by Gasteiger charge is 2.35. The molecule has 68 valence electrons. The van der Waals surface area contributed by atoms with Crippen molar-refractivity contribution in [1.29, 1.82) is 0 Å². The van der Waals surface area contributed by atoms with Crippen LogP contribution in [-0.2, 0) is 0 Å². The number of rotatable bonds is 4. The second-order valence-electron chi connectivity index (χ2n) is 3.49. The number of aliphatic hydroxyl groups is 1. The molecule has 0 radical (unpaired) electrons. The van der Waals surface area contributed by atoms with Crippen molar-refractivity contribution in [3.05, 3.63) is 25.3 Å². The molecule has 12 heavy (non-hydrogen) atoms. The molecule has 0 spiro atoms. The van der Waals surface area contributed by atoms with Gasteiger partial charge in [0, 0.05) is 12.8 Å². The molecule has 1 fully saturated rings. The molecular weight excluding hydrogens is 150 g/mol. The summed E-state index contributed by atoms with van der Waals surface area (Å²) in [6.07, 6.45) is 5.52. The van der Waals surface area contributed by atoms with Crippen LogP contribution in [0.1, 0.15) is 12.8 Å². The Labute approximate surface area is 74.4 Å². The van der Waals surface area contributed by atoms with Crippen LogP contribution in [-0.4, -0.2) is 35.5 Å². The monoisotopic (exact) mass is 168 g/mol. The average molecular weight is 168 g/mol. The van der Waals surface area contributed by atoms with Crippen LogP contribution in [0.2, 0.25) is 0 Å². The summed E-state index contributed by atoms with van der Waals surface area (Å²) in [6.45, 7) is 10.3. The minimum absolute atomic E-state index is 0.412. The topological polar surface area (TPSA) is 20.2 Å². The normalized spacial score (nSPS) is 23.4. The van der Waals surface area contributed by atoms with Crippen LogP contribution < -0.4 is 0 Å². The third-order valence-corrected chi connectivity index (χ3v) is 2.72. The molecule has 1 saturated heterocycles. The maximum Gasteiger partial charge on any atom is 0.210 e. The van der Waals surface area contributed by atoms with Crippen molar-refractivity contribution in [3.63, 3.8) is 0 Å². The first-order valence-electron chi connectivity index (χ1n) is 4.52. The van der Waals surface area contributed by atoms with Gasteiger partial charge in [-0.1, -0.05) is 13.2 Å². The summed E-state index contributed by atoms with van der Waals surface area (Å²) in [5.74, 6) is 0. The van der Waals surface area contributed by atoms with Crippen LogP contribution in [0.3, 0.4) is 0 Å². The second kappa shape index (κ2) is 3.87. The summed E-state index contributed by atoms with van der Waals surface area (Å²) in [7, 11) is 0. The van der Waals surface area contributed by atoms with Crippen molar-refractivity contribution in [2.75, 3.05) is 19.6 Å². The maximum atomic E-state index is 9.75. The van der Waals surface area contributed by atoms with E-state index >= 15 is 0 Å². The van der Waals surface area contributed by atoms with Gasteiger partial charge in [0.25, 0.3) is 0 Å². The van der Waals surface area contributed by atoms with Gasteiger partial charge in [0.2, 0.25) is 6.23 Å². The molecule has 2 nitrogen and oxygen atoms in total. The van der Waals surface area contributed by atoms with Gasteiger partial charge in [-0.2, -0.15) is 0 Å². The van der Waals surface area contributed by atoms with Crippen molar-refractivity contribution in [2.24, 2.45) is 0 Å². The molecule has 0 aromatic heterocycles. The minimum Gasteiger partial charge on any atom is -0.341 e. The summed E-state index contributed by atoms with van der Waals surface area (Å²) in [4.78, 5) is 0. The molecule has 2 heteroatoms. The lowest BCUT2D eigenvalue weighted by Gasteiger charge is -2.36. The Morgan fingerprint density at radius 1 is 1.33 bits per heavy atom. The molecule has 0 saturated carbocycles. The zero-order valence-electron chi connectivity index (χ0n) is 7.58. The van der Waals surface area contributed by atoms with E-state index in [2.05, 4.69) is 13.2 Å². The van der Waals surface area contributed by atoms with E-state index < -0.39 is 6.23 Å². The van der Waals surface area contributed by atoms with Gasteiger partial charge in [0.1, 0.15) is 0 Å². The SMILES string of the molecule is C=CC[N+]1(C(O)C=C)CCCC1. The fourth-order valence-electron chi connectivity index (χ4n) is 2.00. The fraction of sp³-hybridized carbons (Fsp3) is 0.600. The average Bonchev–Trinajstić information content (AvgIpc) is 2.53. The van der Waals surface area contributed by atoms with Gasteiger partial charge in [-0.3, -0.25) is 4.48 Å². The zero-order valence-corrected chi connectivity index (χ0v) is 7.58. The predicted octanol–water partition coefficient (Wildman–Crippen LogP) is 1.29. The van der Waals surface area contributed by atoms with Gasteiger partial charge in [0.15, 0.2) is 0 Å². The Kier molecular flexibility index (Phi) is 3.06. The fourth-order valence-corrected chi connectivity index (χ4v) is 2.00. The molecule has 0 aliphatic carbocycles. The lowest BCUT2D eigenvalue weighted by molar-refractivity contribution is -0.948. The number of hydrogen-bond donors (Lipinski definition) is 1. The van der Waals surface area contributed by atoms with Gasteiger partial charge in [-0.05, 0) is 12.2 Å². The number of likely N-dealkylation sites (tertiary alicyclic amines) is 1. The quantitative estimate of drug-likeness (QED) is 0.495. The van der Waals surface area contributed by atoms with E-state index in [1.807, 2.05) is 6.08 Å². The van der Waals surface area contributed by atoms with Crippen LogP contribution in [0.25, 0.3) is 0 Å². The largest absolute Gasteiger partial charge is 0.341 e. The molecule has 1 heterocycles. The number of hydrogen-bond acceptors (Lipinski definition) is 1. The molecule has 1 aliphatic rings. The highest BCUT2D eigenvalue weighted by Crippen LogP contribution is 2.22. The molecule has 0 aromatic carbocycles. The highest BCUT2D eigenvalue weighted by molar-refractivity contribution is 4.77. The number of quaternary nitrogens is 1. The molecule has 1 atom stereocenters. The summed E-state index contributed by atoms with van der Waals surface area (Å²) >= 11 is 0. The van der Waals surface area contributed by atoms with E-state index in [4.69, 9.17) is 0 Å². The van der Waals surface area contributed by atoms with E-state index in [0.717, 1.165) is 24.1 Å². The Morgan fingerprint density at radius 2 is 1.92 bits per heavy atom. The number of aliphatic hydroxyl groups excluding tert-OH is 1. The van der Waals surface area contributed by atoms with E-state index in [-0.39, 0.29) is 0 Å². The Bertz CT molecular complexity index is 171. The van der Waals surface area contributed by atoms with E-state index in [1.54, 1.807) is 6.08 Å². The van der Waals surface area contributed by atoms with Crippen molar-refractivity contribution in [3.8, 4) is 0 Å². The van der Waals surface area contributed by atoms with Gasteiger partial charge in [0.05, 0.1) is 19.6 Å². The molecule has 0 bridgehead atoms. The number of nitrogens with zero attached hydrogens (tertiary/aromatic N) is 1. The second-order valence-corrected chi connectivity index (χ2v) is 3.49. The highest BCUT2D eigenvalue weighted by atomic mass is 16.3. The molecule has 1 N–H and O–H groups in total. The third-order valence-electron chi connectivity index (χ3n) is 2.72. The molecule has 1 aliphatic heterocycles. The molecule has 1 rings (SSSR count). The van der Waals surface area contributed by atoms with Crippen molar-refractivity contribution in [2.45, 2.75) is 19.1 Å². The Balaban J connectivity index is 2.69. The van der Waals surface area contributed by atoms with Crippen LogP contribution in [0.5, 0.6) is 0 Å². The lowest BCUT2D eigenvalue weighted by atomic mass is 10.3. The van der Waals surface area contributed by atoms with E-state index in [1.165, 1.54) is 12.8 Å². The summed E-state index contributed by atoms with van der Waals surface area (Å²) < 4.78 is 0.743. The Hall–Kier alpha value is -0.600. The molecule has 0 amide bonds. The third kappa shape index (κ3) is 1.59. The van der Waals surface area contributed by atoms with Crippen LogP contribution in [0.15, 0.2) is 25.3 Å². The molecule has 1 unspecified atom stereocenters. The summed E-state index contributed by atoms with van der Waals surface area (Å²) in [6, 6.07) is 0. The Morgan fingerprint density at radius 3 is 2.33 bits per heavy atom. The lowest BCUT2D eigenvalue weighted by Crippen LogP contribution is -2.52. The summed E-state index contributed by atoms with van der Waals surface area (Å²) in [5, 5.41) is 9.75. The zero-order chi connectivity index (χ0) is 9.03. The van der Waals surface area contributed by atoms with Gasteiger partial charge < -0.3 is 5.11 Å². The molecule has 0 aromatic rings. The first-order chi connectivity index (χ1) is 5.75. The van der Waals surface area contributed by atoms with Gasteiger partial charge in [-0.25, -0.2) is 0 Å². The van der Waals surface area contributed by atoms with Gasteiger partial charge >= 0.3 is 0 Å². The van der Waals surface area contributed by atoms with E-state index in [9.17, 15) is 5.11 Å².